The Morgan fingerprint density at radius 2 is 2.06 bits per heavy atom. The van der Waals surface area contributed by atoms with Crippen molar-refractivity contribution in [2.24, 2.45) is 0 Å². The number of furan rings is 1. The third kappa shape index (κ3) is 4.36. The topological polar surface area (TPSA) is 162 Å². The van der Waals surface area contributed by atoms with Crippen molar-refractivity contribution in [2.45, 2.75) is 24.3 Å². The van der Waals surface area contributed by atoms with Gasteiger partial charge in [0.25, 0.3) is 6.20 Å². The molecule has 3 N–H and O–H groups in total. The molecule has 32 heavy (non-hydrogen) atoms. The standard InChI is InChI=1S/C20H18N8O3S/c21-9-13-18(15-5-4-8-30-15)14(10-22)20(25-19(13)23)32-12-16(29)24-17-11-28(26-31-17)27-6-2-1-3-7-27/h4-5,8,11H,1-3,6-7,12H2,(H2-,23,24,25,26,29)/p+1. The highest BCUT2D eigenvalue weighted by atomic mass is 32.2. The molecular formula is C20H19N8O3S+. The van der Waals surface area contributed by atoms with Crippen LogP contribution in [0.25, 0.3) is 11.3 Å². The Kier molecular flexibility index (Phi) is 6.24. The molecule has 162 valence electrons. The van der Waals surface area contributed by atoms with Gasteiger partial charge in [-0.15, -0.1) is 0 Å². The van der Waals surface area contributed by atoms with Crippen LogP contribution in [-0.4, -0.2) is 35.0 Å². The summed E-state index contributed by atoms with van der Waals surface area (Å²) in [5.74, 6) is 0.0612. The van der Waals surface area contributed by atoms with E-state index >= 15 is 0 Å². The summed E-state index contributed by atoms with van der Waals surface area (Å²) < 4.78 is 10.6. The lowest BCUT2D eigenvalue weighted by molar-refractivity contribution is -0.759. The van der Waals surface area contributed by atoms with E-state index in [2.05, 4.69) is 15.6 Å². The number of nitrogen functional groups attached to an aromatic ring is 1. The van der Waals surface area contributed by atoms with Crippen molar-refractivity contribution in [3.05, 3.63) is 35.7 Å². The lowest BCUT2D eigenvalue weighted by atomic mass is 10.0. The van der Waals surface area contributed by atoms with Gasteiger partial charge in [0.1, 0.15) is 34.3 Å². The van der Waals surface area contributed by atoms with Crippen LogP contribution < -0.4 is 20.9 Å². The minimum Gasteiger partial charge on any atom is -0.464 e. The minimum atomic E-state index is -0.370. The Labute approximate surface area is 187 Å². The van der Waals surface area contributed by atoms with E-state index in [-0.39, 0.29) is 45.1 Å². The number of nitriles is 2. The first-order valence-corrected chi connectivity index (χ1v) is 10.8. The zero-order chi connectivity index (χ0) is 22.5. The van der Waals surface area contributed by atoms with Crippen LogP contribution in [0.4, 0.5) is 11.7 Å². The number of amides is 1. The maximum atomic E-state index is 12.4. The third-order valence-electron chi connectivity index (χ3n) is 4.86. The predicted octanol–water partition coefficient (Wildman–Crippen LogP) is 1.80. The van der Waals surface area contributed by atoms with E-state index < -0.39 is 0 Å². The van der Waals surface area contributed by atoms with Crippen molar-refractivity contribution in [3.63, 3.8) is 0 Å². The molecule has 0 aromatic carbocycles. The van der Waals surface area contributed by atoms with Crippen LogP contribution in [0.3, 0.4) is 0 Å². The van der Waals surface area contributed by atoms with Crippen LogP contribution in [0, 0.1) is 22.7 Å². The van der Waals surface area contributed by atoms with E-state index in [0.717, 1.165) is 37.7 Å². The zero-order valence-electron chi connectivity index (χ0n) is 16.9. The van der Waals surface area contributed by atoms with E-state index in [1.807, 2.05) is 17.1 Å². The summed E-state index contributed by atoms with van der Waals surface area (Å²) in [4.78, 5) is 18.2. The van der Waals surface area contributed by atoms with Gasteiger partial charge in [0, 0.05) is 0 Å². The third-order valence-corrected chi connectivity index (χ3v) is 5.84. The summed E-state index contributed by atoms with van der Waals surface area (Å²) in [6.45, 7) is 1.75. The lowest BCUT2D eigenvalue weighted by Crippen LogP contribution is -2.60. The molecule has 1 amide bonds. The number of hydrogen-bond acceptors (Lipinski definition) is 10. The number of carbonyl (C=O) groups is 1. The summed E-state index contributed by atoms with van der Waals surface area (Å²) >= 11 is 1.02. The second-order valence-electron chi connectivity index (χ2n) is 6.97. The molecule has 0 saturated carbocycles. The van der Waals surface area contributed by atoms with E-state index in [1.165, 1.54) is 12.7 Å². The monoisotopic (exact) mass is 451 g/mol. The Hall–Kier alpha value is -4.03. The van der Waals surface area contributed by atoms with Crippen LogP contribution in [-0.2, 0) is 4.79 Å². The van der Waals surface area contributed by atoms with Crippen LogP contribution >= 0.6 is 11.8 Å². The fourth-order valence-corrected chi connectivity index (χ4v) is 4.18. The molecule has 1 fully saturated rings. The molecule has 1 saturated heterocycles. The SMILES string of the molecule is N#Cc1c(N)nc(SCC(=O)Nc2c[n+](N3CCCCC3)no2)c(C#N)c1-c1ccco1. The van der Waals surface area contributed by atoms with Gasteiger partial charge in [-0.25, -0.2) is 4.98 Å². The number of piperidine rings is 1. The van der Waals surface area contributed by atoms with Crippen molar-refractivity contribution >= 4 is 29.4 Å². The normalized spacial score (nSPS) is 13.4. The molecule has 11 nitrogen and oxygen atoms in total. The van der Waals surface area contributed by atoms with Crippen LogP contribution in [0.15, 0.2) is 38.6 Å². The quantitative estimate of drug-likeness (QED) is 0.417. The first-order chi connectivity index (χ1) is 15.6. The summed E-state index contributed by atoms with van der Waals surface area (Å²) in [6.07, 6.45) is 6.40. The first kappa shape index (κ1) is 21.2. The number of pyridine rings is 1. The number of carbonyl (C=O) groups excluding carboxylic acids is 1. The molecule has 4 heterocycles. The van der Waals surface area contributed by atoms with Crippen molar-refractivity contribution in [3.8, 4) is 23.5 Å². The molecule has 1 aliphatic rings. The maximum absolute atomic E-state index is 12.4. The molecule has 0 atom stereocenters. The fraction of sp³-hybridized carbons (Fsp3) is 0.300. The lowest BCUT2D eigenvalue weighted by Gasteiger charge is -2.17. The van der Waals surface area contributed by atoms with E-state index in [4.69, 9.17) is 14.7 Å². The zero-order valence-corrected chi connectivity index (χ0v) is 17.8. The first-order valence-electron chi connectivity index (χ1n) is 9.84. The molecule has 0 radical (unpaired) electrons. The molecule has 0 unspecified atom stereocenters. The van der Waals surface area contributed by atoms with Gasteiger partial charge in [0.05, 0.1) is 41.0 Å². The van der Waals surface area contributed by atoms with E-state index in [9.17, 15) is 15.3 Å². The van der Waals surface area contributed by atoms with Gasteiger partial charge in [-0.05, 0) is 31.4 Å². The number of nitrogens with one attached hydrogen (secondary N) is 1. The maximum Gasteiger partial charge on any atom is 0.305 e. The van der Waals surface area contributed by atoms with Gasteiger partial charge in [0.2, 0.25) is 11.2 Å². The Morgan fingerprint density at radius 1 is 1.28 bits per heavy atom. The number of aromatic nitrogens is 3. The highest BCUT2D eigenvalue weighted by Crippen LogP contribution is 2.35. The predicted molar refractivity (Wildman–Crippen MR) is 114 cm³/mol. The Balaban J connectivity index is 1.48. The van der Waals surface area contributed by atoms with Crippen molar-refractivity contribution < 1.29 is 18.5 Å². The number of hydrogen-bond donors (Lipinski definition) is 2. The van der Waals surface area contributed by atoms with Crippen LogP contribution in [0.1, 0.15) is 30.4 Å². The molecule has 3 aromatic heterocycles. The molecule has 0 spiro atoms. The summed E-state index contributed by atoms with van der Waals surface area (Å²) in [6, 6.07) is 7.28. The summed E-state index contributed by atoms with van der Waals surface area (Å²) in [5.41, 5.74) is 6.36. The van der Waals surface area contributed by atoms with Crippen LogP contribution in [0.2, 0.25) is 0 Å². The Morgan fingerprint density at radius 3 is 2.75 bits per heavy atom. The van der Waals surface area contributed by atoms with E-state index in [0.29, 0.717) is 5.76 Å². The number of nitrogens with two attached hydrogens (primary N) is 1. The summed E-state index contributed by atoms with van der Waals surface area (Å²) in [5, 5.41) is 28.0. The fourth-order valence-electron chi connectivity index (χ4n) is 3.39. The van der Waals surface area contributed by atoms with Gasteiger partial charge >= 0.3 is 5.88 Å². The molecule has 12 heteroatoms. The van der Waals surface area contributed by atoms with Crippen molar-refractivity contribution in [1.82, 2.24) is 10.3 Å². The van der Waals surface area contributed by atoms with E-state index in [1.54, 1.807) is 23.1 Å². The number of anilines is 2. The van der Waals surface area contributed by atoms with Gasteiger partial charge in [-0.2, -0.15) is 15.5 Å². The average molecular weight is 451 g/mol. The number of thioether (sulfide) groups is 1. The number of nitrogens with zero attached hydrogens (tertiary/aromatic N) is 6. The molecule has 4 rings (SSSR count). The second-order valence-corrected chi connectivity index (χ2v) is 7.93. The second kappa shape index (κ2) is 9.41. The van der Waals surface area contributed by atoms with Crippen molar-refractivity contribution in [1.29, 1.82) is 10.5 Å². The van der Waals surface area contributed by atoms with Crippen molar-refractivity contribution in [2.75, 3.05) is 34.9 Å². The minimum absolute atomic E-state index is 0.0429. The molecule has 0 aliphatic carbocycles. The number of rotatable bonds is 6. The molecule has 0 bridgehead atoms. The highest BCUT2D eigenvalue weighted by Gasteiger charge is 2.25. The average Bonchev–Trinajstić information content (AvgIpc) is 3.50. The van der Waals surface area contributed by atoms with Gasteiger partial charge < -0.3 is 10.2 Å². The molecule has 1 aliphatic heterocycles. The highest BCUT2D eigenvalue weighted by molar-refractivity contribution is 8.00. The van der Waals surface area contributed by atoms with Gasteiger partial charge in [-0.1, -0.05) is 11.8 Å². The molecular weight excluding hydrogens is 432 g/mol. The van der Waals surface area contributed by atoms with Gasteiger partial charge in [0.15, 0.2) is 0 Å². The largest absolute Gasteiger partial charge is 0.464 e. The van der Waals surface area contributed by atoms with Crippen LogP contribution in [0.5, 0.6) is 0 Å². The van der Waals surface area contributed by atoms with Gasteiger partial charge in [-0.3, -0.25) is 14.6 Å². The Bertz CT molecular complexity index is 1200. The summed E-state index contributed by atoms with van der Waals surface area (Å²) in [7, 11) is 0. The molecule has 3 aromatic rings. The smallest absolute Gasteiger partial charge is 0.305 e.